The van der Waals surface area contributed by atoms with E-state index in [9.17, 15) is 17.6 Å². The van der Waals surface area contributed by atoms with Crippen molar-refractivity contribution in [2.45, 2.75) is 42.0 Å². The molecule has 3 aromatic rings. The largest absolute Gasteiger partial charge is 0.497 e. The lowest BCUT2D eigenvalue weighted by atomic mass is 10.2. The third-order valence-corrected chi connectivity index (χ3v) is 7.63. The molecule has 1 amide bonds. The van der Waals surface area contributed by atoms with Gasteiger partial charge in [0.15, 0.2) is 4.21 Å². The van der Waals surface area contributed by atoms with Crippen LogP contribution in [0.15, 0.2) is 51.7 Å². The summed E-state index contributed by atoms with van der Waals surface area (Å²) in [6.45, 7) is 5.20. The molecule has 0 saturated carbocycles. The van der Waals surface area contributed by atoms with Gasteiger partial charge in [-0.3, -0.25) is 0 Å². The summed E-state index contributed by atoms with van der Waals surface area (Å²) in [5.74, 6) is -0.489. The summed E-state index contributed by atoms with van der Waals surface area (Å²) < 4.78 is 51.8. The monoisotopic (exact) mass is 493 g/mol. The van der Waals surface area contributed by atoms with Gasteiger partial charge in [0.25, 0.3) is 0 Å². The van der Waals surface area contributed by atoms with Crippen LogP contribution in [0.2, 0.25) is 0 Å². The first kappa shape index (κ1) is 24.6. The molecular formula is C22H24FN3O5S2. The van der Waals surface area contributed by atoms with Gasteiger partial charge in [0.2, 0.25) is 15.8 Å². The minimum atomic E-state index is -4.08. The van der Waals surface area contributed by atoms with Gasteiger partial charge >= 0.3 is 6.09 Å². The lowest BCUT2D eigenvalue weighted by Gasteiger charge is -2.24. The summed E-state index contributed by atoms with van der Waals surface area (Å²) in [5, 5.41) is 0.295. The number of carbonyl (C=O) groups is 1. The summed E-state index contributed by atoms with van der Waals surface area (Å²) in [5.41, 5.74) is -0.818. The number of thiazole rings is 1. The van der Waals surface area contributed by atoms with Gasteiger partial charge in [0, 0.05) is 13.2 Å². The lowest BCUT2D eigenvalue weighted by molar-refractivity contribution is 0.0285. The van der Waals surface area contributed by atoms with Gasteiger partial charge in [-0.1, -0.05) is 6.07 Å². The van der Waals surface area contributed by atoms with Crippen molar-refractivity contribution in [3.05, 3.63) is 53.6 Å². The van der Waals surface area contributed by atoms with Gasteiger partial charge in [-0.2, -0.15) is 4.39 Å². The number of rotatable bonds is 6. The zero-order valence-corrected chi connectivity index (χ0v) is 20.5. The maximum absolute atomic E-state index is 14.5. The van der Waals surface area contributed by atoms with Crippen molar-refractivity contribution in [2.24, 2.45) is 0 Å². The van der Waals surface area contributed by atoms with E-state index in [2.05, 4.69) is 9.97 Å². The van der Waals surface area contributed by atoms with Crippen molar-refractivity contribution in [2.75, 3.05) is 14.2 Å². The zero-order valence-electron chi connectivity index (χ0n) is 18.8. The molecule has 0 bridgehead atoms. The quantitative estimate of drug-likeness (QED) is 0.465. The van der Waals surface area contributed by atoms with Crippen LogP contribution in [0.4, 0.5) is 9.18 Å². The highest BCUT2D eigenvalue weighted by Crippen LogP contribution is 2.37. The summed E-state index contributed by atoms with van der Waals surface area (Å²) in [6, 6.07) is 8.87. The Kier molecular flexibility index (Phi) is 7.03. The van der Waals surface area contributed by atoms with Crippen LogP contribution in [0.25, 0.3) is 11.3 Å². The molecule has 0 spiro atoms. The molecule has 0 unspecified atom stereocenters. The lowest BCUT2D eigenvalue weighted by Crippen LogP contribution is -2.33. The minimum absolute atomic E-state index is 0.0249. The van der Waals surface area contributed by atoms with Crippen LogP contribution in [0.3, 0.4) is 0 Å². The summed E-state index contributed by atoms with van der Waals surface area (Å²) in [7, 11) is -1.14. The number of carbonyl (C=O) groups excluding carboxylic acids is 1. The van der Waals surface area contributed by atoms with E-state index in [1.807, 2.05) is 0 Å². The van der Waals surface area contributed by atoms with Gasteiger partial charge in [-0.05, 0) is 51.1 Å². The van der Waals surface area contributed by atoms with Crippen molar-refractivity contribution >= 4 is 27.3 Å². The van der Waals surface area contributed by atoms with E-state index in [-0.39, 0.29) is 26.9 Å². The average molecular weight is 494 g/mol. The highest BCUT2D eigenvalue weighted by Gasteiger charge is 2.30. The second kappa shape index (κ2) is 9.44. The molecular weight excluding hydrogens is 469 g/mol. The Morgan fingerprint density at radius 2 is 1.94 bits per heavy atom. The van der Waals surface area contributed by atoms with Gasteiger partial charge in [0.1, 0.15) is 22.1 Å². The maximum atomic E-state index is 14.5. The predicted molar refractivity (Wildman–Crippen MR) is 121 cm³/mol. The van der Waals surface area contributed by atoms with Gasteiger partial charge < -0.3 is 14.4 Å². The Morgan fingerprint density at radius 3 is 2.58 bits per heavy atom. The first-order valence-electron chi connectivity index (χ1n) is 9.86. The standard InChI is InChI=1S/C22H24FN3O5S2/c1-22(2,3)31-21(27)26(4)13-17-25-18(16-10-7-11-24-19(16)23)20(32-17)33(28,29)15-9-6-8-14(12-15)30-5/h6-12H,13H2,1-5H3. The second-order valence-electron chi connectivity index (χ2n) is 8.10. The number of methoxy groups -OCH3 is 1. The Balaban J connectivity index is 2.08. The zero-order chi connectivity index (χ0) is 24.4. The first-order chi connectivity index (χ1) is 15.4. The number of hydrogen-bond acceptors (Lipinski definition) is 8. The van der Waals surface area contributed by atoms with Gasteiger partial charge in [-0.15, -0.1) is 11.3 Å². The van der Waals surface area contributed by atoms with Crippen molar-refractivity contribution in [1.29, 1.82) is 0 Å². The third-order valence-electron chi connectivity index (χ3n) is 4.33. The van der Waals surface area contributed by atoms with Crippen LogP contribution in [-0.2, 0) is 21.1 Å². The summed E-state index contributed by atoms with van der Waals surface area (Å²) >= 11 is 0.858. The molecule has 8 nitrogen and oxygen atoms in total. The number of pyridine rings is 1. The van der Waals surface area contributed by atoms with E-state index in [1.165, 1.54) is 49.5 Å². The first-order valence-corrected chi connectivity index (χ1v) is 12.2. The van der Waals surface area contributed by atoms with Crippen molar-refractivity contribution in [3.63, 3.8) is 0 Å². The van der Waals surface area contributed by atoms with Crippen LogP contribution in [0, 0.1) is 5.95 Å². The van der Waals surface area contributed by atoms with E-state index >= 15 is 0 Å². The minimum Gasteiger partial charge on any atom is -0.497 e. The summed E-state index contributed by atoms with van der Waals surface area (Å²) in [4.78, 5) is 21.6. The third kappa shape index (κ3) is 5.66. The SMILES string of the molecule is COc1cccc(S(=O)(=O)c2sc(CN(C)C(=O)OC(C)(C)C)nc2-c2cccnc2F)c1. The molecule has 0 atom stereocenters. The Labute approximate surface area is 195 Å². The van der Waals surface area contributed by atoms with E-state index in [0.29, 0.717) is 10.8 Å². The molecule has 0 radical (unpaired) electrons. The van der Waals surface area contributed by atoms with E-state index in [4.69, 9.17) is 9.47 Å². The van der Waals surface area contributed by atoms with Crippen LogP contribution < -0.4 is 4.74 Å². The summed E-state index contributed by atoms with van der Waals surface area (Å²) in [6.07, 6.45) is 0.669. The Bertz CT molecular complexity index is 1270. The van der Waals surface area contributed by atoms with E-state index < -0.39 is 27.5 Å². The van der Waals surface area contributed by atoms with Gasteiger partial charge in [0.05, 0.1) is 24.1 Å². The topological polar surface area (TPSA) is 98.7 Å². The van der Waals surface area contributed by atoms with Gasteiger partial charge in [-0.25, -0.2) is 23.2 Å². The number of sulfone groups is 1. The molecule has 0 N–H and O–H groups in total. The number of hydrogen-bond donors (Lipinski definition) is 0. The van der Waals surface area contributed by atoms with Crippen LogP contribution in [-0.4, -0.2) is 49.1 Å². The average Bonchev–Trinajstić information content (AvgIpc) is 3.17. The van der Waals surface area contributed by atoms with Crippen LogP contribution in [0.1, 0.15) is 25.8 Å². The molecule has 3 rings (SSSR count). The normalized spacial score (nSPS) is 11.8. The molecule has 11 heteroatoms. The van der Waals surface area contributed by atoms with Crippen molar-refractivity contribution in [1.82, 2.24) is 14.9 Å². The molecule has 2 heterocycles. The van der Waals surface area contributed by atoms with E-state index in [1.54, 1.807) is 32.9 Å². The fourth-order valence-electron chi connectivity index (χ4n) is 2.81. The highest BCUT2D eigenvalue weighted by molar-refractivity contribution is 7.93. The Hall–Kier alpha value is -3.05. The second-order valence-corrected chi connectivity index (χ2v) is 11.3. The number of amides is 1. The van der Waals surface area contributed by atoms with E-state index in [0.717, 1.165) is 11.3 Å². The fourth-order valence-corrected chi connectivity index (χ4v) is 5.84. The molecule has 33 heavy (non-hydrogen) atoms. The van der Waals surface area contributed by atoms with Crippen molar-refractivity contribution < 1.29 is 27.1 Å². The Morgan fingerprint density at radius 1 is 1.21 bits per heavy atom. The predicted octanol–water partition coefficient (Wildman–Crippen LogP) is 4.55. The molecule has 0 aliphatic carbocycles. The fraction of sp³-hybridized carbons (Fsp3) is 0.318. The molecule has 0 saturated heterocycles. The number of halogens is 1. The van der Waals surface area contributed by atoms with Crippen LogP contribution in [0.5, 0.6) is 5.75 Å². The highest BCUT2D eigenvalue weighted by atomic mass is 32.2. The number of nitrogens with zero attached hydrogens (tertiary/aromatic N) is 3. The smallest absolute Gasteiger partial charge is 0.410 e. The molecule has 0 aliphatic heterocycles. The molecule has 1 aromatic carbocycles. The number of ether oxygens (including phenoxy) is 2. The molecule has 0 aliphatic rings. The molecule has 2 aromatic heterocycles. The van der Waals surface area contributed by atoms with Crippen LogP contribution >= 0.6 is 11.3 Å². The number of aromatic nitrogens is 2. The molecule has 0 fully saturated rings. The molecule has 176 valence electrons. The van der Waals surface area contributed by atoms with Crippen molar-refractivity contribution in [3.8, 4) is 17.0 Å². The number of benzene rings is 1. The maximum Gasteiger partial charge on any atom is 0.410 e.